The Hall–Kier alpha value is -3.15. The Morgan fingerprint density at radius 3 is 2.30 bits per heavy atom. The van der Waals surface area contributed by atoms with Crippen LogP contribution in [0.15, 0.2) is 54.5 Å². The van der Waals surface area contributed by atoms with E-state index in [9.17, 15) is 9.59 Å². The molecule has 2 heterocycles. The SMILES string of the molecule is CCN(CCc1ccncc1)C1=C(c2ccc(OC)cc2)C(=O)N(C)C1=O. The van der Waals surface area contributed by atoms with Crippen molar-refractivity contribution in [1.82, 2.24) is 14.8 Å². The Bertz CT molecular complexity index is 860. The average molecular weight is 365 g/mol. The van der Waals surface area contributed by atoms with E-state index in [1.165, 1.54) is 11.9 Å². The van der Waals surface area contributed by atoms with E-state index in [2.05, 4.69) is 4.98 Å². The minimum atomic E-state index is -0.275. The summed E-state index contributed by atoms with van der Waals surface area (Å²) < 4.78 is 5.19. The maximum Gasteiger partial charge on any atom is 0.277 e. The van der Waals surface area contributed by atoms with Crippen molar-refractivity contribution in [2.75, 3.05) is 27.2 Å². The van der Waals surface area contributed by atoms with Crippen molar-refractivity contribution in [3.05, 3.63) is 65.6 Å². The third-order valence-electron chi connectivity index (χ3n) is 4.76. The standard InChI is InChI=1S/C21H23N3O3/c1-4-24(14-11-15-9-12-22-13-10-15)19-18(20(25)23(2)21(19)26)16-5-7-17(27-3)8-6-16/h5-10,12-13H,4,11,14H2,1-3H3. The van der Waals surface area contributed by atoms with E-state index >= 15 is 0 Å². The van der Waals surface area contributed by atoms with Gasteiger partial charge in [-0.15, -0.1) is 0 Å². The minimum absolute atomic E-state index is 0.262. The van der Waals surface area contributed by atoms with Gasteiger partial charge in [0, 0.05) is 32.5 Å². The van der Waals surface area contributed by atoms with Crippen LogP contribution in [-0.4, -0.2) is 53.8 Å². The summed E-state index contributed by atoms with van der Waals surface area (Å²) >= 11 is 0. The van der Waals surface area contributed by atoms with Crippen molar-refractivity contribution in [3.8, 4) is 5.75 Å². The van der Waals surface area contributed by atoms with Crippen LogP contribution < -0.4 is 4.74 Å². The van der Waals surface area contributed by atoms with Crippen LogP contribution in [0, 0.1) is 0 Å². The molecule has 0 bridgehead atoms. The highest BCUT2D eigenvalue weighted by Gasteiger charge is 2.38. The molecule has 6 heteroatoms. The molecule has 6 nitrogen and oxygen atoms in total. The van der Waals surface area contributed by atoms with E-state index in [4.69, 9.17) is 4.74 Å². The number of imide groups is 1. The second kappa shape index (κ2) is 8.03. The fraction of sp³-hybridized carbons (Fsp3) is 0.286. The van der Waals surface area contributed by atoms with Gasteiger partial charge in [-0.25, -0.2) is 0 Å². The van der Waals surface area contributed by atoms with Crippen LogP contribution in [0.3, 0.4) is 0 Å². The van der Waals surface area contributed by atoms with Gasteiger partial charge in [-0.3, -0.25) is 19.5 Å². The van der Waals surface area contributed by atoms with Crippen molar-refractivity contribution < 1.29 is 14.3 Å². The number of rotatable bonds is 7. The highest BCUT2D eigenvalue weighted by molar-refractivity contribution is 6.35. The molecule has 0 saturated heterocycles. The van der Waals surface area contributed by atoms with Crippen LogP contribution in [0.4, 0.5) is 0 Å². The first kappa shape index (κ1) is 18.6. The van der Waals surface area contributed by atoms with Gasteiger partial charge >= 0.3 is 0 Å². The zero-order chi connectivity index (χ0) is 19.4. The third-order valence-corrected chi connectivity index (χ3v) is 4.76. The zero-order valence-electron chi connectivity index (χ0n) is 15.8. The largest absolute Gasteiger partial charge is 0.497 e. The molecule has 0 atom stereocenters. The number of methoxy groups -OCH3 is 1. The molecule has 0 fully saturated rings. The molecule has 0 aliphatic carbocycles. The number of hydrogen-bond donors (Lipinski definition) is 0. The number of carbonyl (C=O) groups excluding carboxylic acids is 2. The maximum absolute atomic E-state index is 12.8. The third kappa shape index (κ3) is 3.69. The smallest absolute Gasteiger partial charge is 0.277 e. The number of amides is 2. The topological polar surface area (TPSA) is 62.7 Å². The van der Waals surface area contributed by atoms with Crippen LogP contribution in [0.2, 0.25) is 0 Å². The van der Waals surface area contributed by atoms with Crippen LogP contribution in [-0.2, 0) is 16.0 Å². The van der Waals surface area contributed by atoms with Gasteiger partial charge in [0.2, 0.25) is 0 Å². The van der Waals surface area contributed by atoms with Gasteiger partial charge < -0.3 is 9.64 Å². The molecule has 0 unspecified atom stereocenters. The van der Waals surface area contributed by atoms with Gasteiger partial charge in [0.25, 0.3) is 11.8 Å². The molecular weight excluding hydrogens is 342 g/mol. The van der Waals surface area contributed by atoms with Gasteiger partial charge in [0.05, 0.1) is 12.7 Å². The Morgan fingerprint density at radius 1 is 1.04 bits per heavy atom. The highest BCUT2D eigenvalue weighted by atomic mass is 16.5. The van der Waals surface area contributed by atoms with Gasteiger partial charge in [-0.05, 0) is 48.7 Å². The van der Waals surface area contributed by atoms with E-state index in [1.54, 1.807) is 31.6 Å². The quantitative estimate of drug-likeness (QED) is 0.705. The number of benzene rings is 1. The molecule has 0 saturated carbocycles. The monoisotopic (exact) mass is 365 g/mol. The summed E-state index contributed by atoms with van der Waals surface area (Å²) in [4.78, 5) is 32.8. The molecule has 2 aromatic rings. The first-order valence-electron chi connectivity index (χ1n) is 8.91. The predicted octanol–water partition coefficient (Wildman–Crippen LogP) is 2.36. The van der Waals surface area contributed by atoms with Gasteiger partial charge in [0.1, 0.15) is 11.4 Å². The second-order valence-electron chi connectivity index (χ2n) is 6.31. The summed E-state index contributed by atoms with van der Waals surface area (Å²) in [6, 6.07) is 11.1. The van der Waals surface area contributed by atoms with E-state index in [0.717, 1.165) is 17.5 Å². The highest BCUT2D eigenvalue weighted by Crippen LogP contribution is 2.31. The van der Waals surface area contributed by atoms with Crippen molar-refractivity contribution in [2.24, 2.45) is 0 Å². The molecule has 27 heavy (non-hydrogen) atoms. The number of likely N-dealkylation sites (N-methyl/N-ethyl adjacent to an activating group) is 2. The van der Waals surface area contributed by atoms with E-state index in [1.807, 2.05) is 36.1 Å². The van der Waals surface area contributed by atoms with Gasteiger partial charge in [-0.2, -0.15) is 0 Å². The Balaban J connectivity index is 1.95. The lowest BCUT2D eigenvalue weighted by molar-refractivity contribution is -0.135. The maximum atomic E-state index is 12.8. The number of carbonyl (C=O) groups is 2. The zero-order valence-corrected chi connectivity index (χ0v) is 15.8. The number of nitrogens with zero attached hydrogens (tertiary/aromatic N) is 3. The molecule has 2 amide bonds. The van der Waals surface area contributed by atoms with Crippen LogP contribution in [0.25, 0.3) is 5.57 Å². The molecule has 0 spiro atoms. The molecule has 0 N–H and O–H groups in total. The van der Waals surface area contributed by atoms with E-state index in [-0.39, 0.29) is 11.8 Å². The van der Waals surface area contributed by atoms with E-state index < -0.39 is 0 Å². The molecule has 0 radical (unpaired) electrons. The lowest BCUT2D eigenvalue weighted by atomic mass is 10.0. The Labute approximate surface area is 159 Å². The fourth-order valence-corrected chi connectivity index (χ4v) is 3.18. The fourth-order valence-electron chi connectivity index (χ4n) is 3.18. The van der Waals surface area contributed by atoms with Crippen LogP contribution in [0.5, 0.6) is 5.75 Å². The first-order valence-corrected chi connectivity index (χ1v) is 8.91. The normalized spacial score (nSPS) is 14.1. The Morgan fingerprint density at radius 2 is 1.70 bits per heavy atom. The van der Waals surface area contributed by atoms with E-state index in [0.29, 0.717) is 30.1 Å². The van der Waals surface area contributed by atoms with Crippen molar-refractivity contribution >= 4 is 17.4 Å². The number of aromatic nitrogens is 1. The van der Waals surface area contributed by atoms with Crippen molar-refractivity contribution in [3.63, 3.8) is 0 Å². The summed E-state index contributed by atoms with van der Waals surface area (Å²) in [6.07, 6.45) is 4.28. The molecular formula is C21H23N3O3. The molecule has 1 aliphatic heterocycles. The summed E-state index contributed by atoms with van der Waals surface area (Å²) in [7, 11) is 3.12. The van der Waals surface area contributed by atoms with Crippen molar-refractivity contribution in [2.45, 2.75) is 13.3 Å². The predicted molar refractivity (Wildman–Crippen MR) is 103 cm³/mol. The molecule has 1 aromatic heterocycles. The molecule has 1 aromatic carbocycles. The summed E-state index contributed by atoms with van der Waals surface area (Å²) in [5.74, 6) is 0.168. The molecule has 1 aliphatic rings. The van der Waals surface area contributed by atoms with Gasteiger partial charge in [0.15, 0.2) is 0 Å². The summed E-state index contributed by atoms with van der Waals surface area (Å²) in [5, 5.41) is 0. The first-order chi connectivity index (χ1) is 13.1. The minimum Gasteiger partial charge on any atom is -0.497 e. The van der Waals surface area contributed by atoms with Crippen LogP contribution >= 0.6 is 0 Å². The van der Waals surface area contributed by atoms with Crippen LogP contribution in [0.1, 0.15) is 18.1 Å². The van der Waals surface area contributed by atoms with Crippen molar-refractivity contribution in [1.29, 1.82) is 0 Å². The summed E-state index contributed by atoms with van der Waals surface area (Å²) in [6.45, 7) is 3.26. The molecule has 140 valence electrons. The lowest BCUT2D eigenvalue weighted by Gasteiger charge is -2.24. The number of hydrogen-bond acceptors (Lipinski definition) is 5. The number of ether oxygens (including phenoxy) is 1. The average Bonchev–Trinajstić information content (AvgIpc) is 2.94. The Kier molecular flexibility index (Phi) is 5.54. The number of pyridine rings is 1. The summed E-state index contributed by atoms with van der Waals surface area (Å²) in [5.41, 5.74) is 2.77. The lowest BCUT2D eigenvalue weighted by Crippen LogP contribution is -2.33. The second-order valence-corrected chi connectivity index (χ2v) is 6.31. The van der Waals surface area contributed by atoms with Gasteiger partial charge in [-0.1, -0.05) is 12.1 Å². The molecule has 3 rings (SSSR count).